The van der Waals surface area contributed by atoms with Gasteiger partial charge in [0.25, 0.3) is 0 Å². The molecule has 2 unspecified atom stereocenters. The lowest BCUT2D eigenvalue weighted by Gasteiger charge is -2.19. The van der Waals surface area contributed by atoms with Gasteiger partial charge in [-0.2, -0.15) is 0 Å². The highest BCUT2D eigenvalue weighted by molar-refractivity contribution is 9.10. The maximum absolute atomic E-state index is 13.7. The first-order valence-corrected chi connectivity index (χ1v) is 6.86. The summed E-state index contributed by atoms with van der Waals surface area (Å²) in [7, 11) is 0. The van der Waals surface area contributed by atoms with E-state index in [1.165, 1.54) is 12.1 Å². The summed E-state index contributed by atoms with van der Waals surface area (Å²) >= 11 is 3.04. The van der Waals surface area contributed by atoms with E-state index < -0.39 is 11.6 Å². The molecular formula is C13H16BrF2NO. The van der Waals surface area contributed by atoms with Crippen molar-refractivity contribution in [1.29, 1.82) is 0 Å². The lowest BCUT2D eigenvalue weighted by molar-refractivity contribution is 0.0155. The molecule has 1 aromatic rings. The molecule has 0 heterocycles. The van der Waals surface area contributed by atoms with Crippen LogP contribution in [-0.4, -0.2) is 12.6 Å². The van der Waals surface area contributed by atoms with Crippen molar-refractivity contribution in [2.45, 2.75) is 32.0 Å². The summed E-state index contributed by atoms with van der Waals surface area (Å²) in [6.45, 7) is 0.520. The van der Waals surface area contributed by atoms with Crippen molar-refractivity contribution >= 4 is 15.9 Å². The van der Waals surface area contributed by atoms with Gasteiger partial charge in [-0.15, -0.1) is 0 Å². The molecule has 5 heteroatoms. The van der Waals surface area contributed by atoms with Gasteiger partial charge >= 0.3 is 0 Å². The molecule has 1 aliphatic carbocycles. The Labute approximate surface area is 114 Å². The van der Waals surface area contributed by atoms with Crippen LogP contribution in [0, 0.1) is 17.6 Å². The Kier molecular flexibility index (Phi) is 4.70. The zero-order chi connectivity index (χ0) is 13.1. The normalized spacial score (nSPS) is 23.6. The van der Waals surface area contributed by atoms with Crippen LogP contribution in [0.5, 0.6) is 0 Å². The van der Waals surface area contributed by atoms with Crippen molar-refractivity contribution in [3.8, 4) is 0 Å². The van der Waals surface area contributed by atoms with Gasteiger partial charge in [-0.25, -0.2) is 8.78 Å². The fraction of sp³-hybridized carbons (Fsp3) is 0.538. The van der Waals surface area contributed by atoms with Crippen LogP contribution in [0.2, 0.25) is 0 Å². The molecule has 18 heavy (non-hydrogen) atoms. The predicted octanol–water partition coefficient (Wildman–Crippen LogP) is 3.37. The highest BCUT2D eigenvalue weighted by Crippen LogP contribution is 2.29. The summed E-state index contributed by atoms with van der Waals surface area (Å²) in [5.74, 6) is -0.849. The number of hydrogen-bond donors (Lipinski definition) is 1. The fourth-order valence-electron chi connectivity index (χ4n) is 2.38. The molecule has 0 aliphatic heterocycles. The van der Waals surface area contributed by atoms with Gasteiger partial charge in [0.05, 0.1) is 22.7 Å². The van der Waals surface area contributed by atoms with Crippen LogP contribution >= 0.6 is 15.9 Å². The third-order valence-corrected chi connectivity index (χ3v) is 4.09. The van der Waals surface area contributed by atoms with Crippen LogP contribution in [0.3, 0.4) is 0 Å². The van der Waals surface area contributed by atoms with Crippen molar-refractivity contribution in [1.82, 2.24) is 0 Å². The molecule has 0 aromatic heterocycles. The van der Waals surface area contributed by atoms with E-state index in [9.17, 15) is 8.78 Å². The van der Waals surface area contributed by atoms with E-state index >= 15 is 0 Å². The first-order valence-electron chi connectivity index (χ1n) is 6.07. The SMILES string of the molecule is NCC1CCCC1OCc1c(F)ccc(Br)c1F. The molecule has 2 rings (SSSR count). The lowest BCUT2D eigenvalue weighted by atomic mass is 10.1. The highest BCUT2D eigenvalue weighted by Gasteiger charge is 2.27. The van der Waals surface area contributed by atoms with Crippen LogP contribution in [0.1, 0.15) is 24.8 Å². The van der Waals surface area contributed by atoms with Gasteiger partial charge in [0.1, 0.15) is 11.6 Å². The second-order valence-electron chi connectivity index (χ2n) is 4.60. The lowest BCUT2D eigenvalue weighted by Crippen LogP contribution is -2.25. The third-order valence-electron chi connectivity index (χ3n) is 3.47. The summed E-state index contributed by atoms with van der Waals surface area (Å²) in [6.07, 6.45) is 3.03. The minimum Gasteiger partial charge on any atom is -0.373 e. The molecule has 2 nitrogen and oxygen atoms in total. The van der Waals surface area contributed by atoms with Gasteiger partial charge in [-0.1, -0.05) is 6.42 Å². The number of rotatable bonds is 4. The zero-order valence-electron chi connectivity index (χ0n) is 9.96. The Morgan fingerprint density at radius 2 is 2.11 bits per heavy atom. The highest BCUT2D eigenvalue weighted by atomic mass is 79.9. The first kappa shape index (κ1) is 13.9. The quantitative estimate of drug-likeness (QED) is 0.863. The second kappa shape index (κ2) is 6.08. The average molecular weight is 320 g/mol. The molecule has 2 N–H and O–H groups in total. The van der Waals surface area contributed by atoms with E-state index in [1.54, 1.807) is 0 Å². The number of ether oxygens (including phenoxy) is 1. The number of nitrogens with two attached hydrogens (primary N) is 1. The number of halogens is 3. The Morgan fingerprint density at radius 1 is 1.33 bits per heavy atom. The molecule has 100 valence electrons. The summed E-state index contributed by atoms with van der Waals surface area (Å²) in [6, 6.07) is 2.59. The van der Waals surface area contributed by atoms with Crippen LogP contribution in [0.25, 0.3) is 0 Å². The molecular weight excluding hydrogens is 304 g/mol. The molecule has 0 radical (unpaired) electrons. The Bertz CT molecular complexity index is 428. The molecule has 1 aromatic carbocycles. The second-order valence-corrected chi connectivity index (χ2v) is 5.45. The molecule has 0 bridgehead atoms. The standard InChI is InChI=1S/C13H16BrF2NO/c14-10-4-5-11(15)9(13(10)16)7-18-12-3-1-2-8(12)6-17/h4-5,8,12H,1-3,6-7,17H2. The van der Waals surface area contributed by atoms with Crippen molar-refractivity contribution in [3.63, 3.8) is 0 Å². The van der Waals surface area contributed by atoms with E-state index in [2.05, 4.69) is 15.9 Å². The molecule has 2 atom stereocenters. The minimum absolute atomic E-state index is 0.0211. The minimum atomic E-state index is -0.586. The van der Waals surface area contributed by atoms with Crippen LogP contribution in [0.15, 0.2) is 16.6 Å². The predicted molar refractivity (Wildman–Crippen MR) is 69.0 cm³/mol. The van der Waals surface area contributed by atoms with E-state index in [-0.39, 0.29) is 22.7 Å². The van der Waals surface area contributed by atoms with Crippen LogP contribution in [0.4, 0.5) is 8.78 Å². The van der Waals surface area contributed by atoms with Gasteiger partial charge in [0.15, 0.2) is 0 Å². The average Bonchev–Trinajstić information content (AvgIpc) is 2.81. The Morgan fingerprint density at radius 3 is 2.83 bits per heavy atom. The molecule has 1 aliphatic rings. The zero-order valence-corrected chi connectivity index (χ0v) is 11.6. The van der Waals surface area contributed by atoms with Gasteiger partial charge in [0.2, 0.25) is 0 Å². The van der Waals surface area contributed by atoms with Crippen molar-refractivity contribution < 1.29 is 13.5 Å². The summed E-state index contributed by atoms with van der Waals surface area (Å²) in [4.78, 5) is 0. The van der Waals surface area contributed by atoms with E-state index in [0.717, 1.165) is 19.3 Å². The van der Waals surface area contributed by atoms with E-state index in [0.29, 0.717) is 12.5 Å². The van der Waals surface area contributed by atoms with Crippen molar-refractivity contribution in [2.24, 2.45) is 11.7 Å². The molecule has 1 fully saturated rings. The first-order chi connectivity index (χ1) is 8.63. The van der Waals surface area contributed by atoms with Gasteiger partial charge < -0.3 is 10.5 Å². The maximum atomic E-state index is 13.7. The number of hydrogen-bond acceptors (Lipinski definition) is 2. The van der Waals surface area contributed by atoms with Gasteiger partial charge in [-0.05, 0) is 53.4 Å². The summed E-state index contributed by atoms with van der Waals surface area (Å²) in [5.41, 5.74) is 5.62. The molecule has 1 saturated carbocycles. The monoisotopic (exact) mass is 319 g/mol. The third kappa shape index (κ3) is 2.90. The summed E-state index contributed by atoms with van der Waals surface area (Å²) < 4.78 is 33.1. The van der Waals surface area contributed by atoms with Crippen molar-refractivity contribution in [3.05, 3.63) is 33.8 Å². The smallest absolute Gasteiger partial charge is 0.145 e. The topological polar surface area (TPSA) is 35.2 Å². The Hall–Kier alpha value is -0.520. The Balaban J connectivity index is 2.04. The maximum Gasteiger partial charge on any atom is 0.145 e. The number of benzene rings is 1. The van der Waals surface area contributed by atoms with Gasteiger partial charge in [0, 0.05) is 0 Å². The summed E-state index contributed by atoms with van der Waals surface area (Å²) in [5, 5.41) is 0. The van der Waals surface area contributed by atoms with E-state index in [4.69, 9.17) is 10.5 Å². The fourth-order valence-corrected chi connectivity index (χ4v) is 2.76. The van der Waals surface area contributed by atoms with Crippen LogP contribution in [-0.2, 0) is 11.3 Å². The van der Waals surface area contributed by atoms with Crippen LogP contribution < -0.4 is 5.73 Å². The van der Waals surface area contributed by atoms with Gasteiger partial charge in [-0.3, -0.25) is 0 Å². The largest absolute Gasteiger partial charge is 0.373 e. The van der Waals surface area contributed by atoms with E-state index in [1.807, 2.05) is 0 Å². The molecule has 0 amide bonds. The molecule has 0 saturated heterocycles. The van der Waals surface area contributed by atoms with Crippen molar-refractivity contribution in [2.75, 3.05) is 6.54 Å². The molecule has 0 spiro atoms.